The molecule has 12 heteroatoms. The number of anilines is 2. The molecule has 4 aromatic heterocycles. The number of hydrogen-bond acceptors (Lipinski definition) is 10. The lowest BCUT2D eigenvalue weighted by Crippen LogP contribution is -2.64. The summed E-state index contributed by atoms with van der Waals surface area (Å²) in [5.74, 6) is 1.95. The van der Waals surface area contributed by atoms with Gasteiger partial charge < -0.3 is 24.8 Å². The monoisotopic (exact) mass is 594 g/mol. The number of ether oxygens (including phenoxy) is 2. The van der Waals surface area contributed by atoms with Gasteiger partial charge in [-0.05, 0) is 64.0 Å². The first kappa shape index (κ1) is 28.0. The van der Waals surface area contributed by atoms with Gasteiger partial charge in [0.15, 0.2) is 5.82 Å². The molecule has 4 aliphatic rings. The average Bonchev–Trinajstić information content (AvgIpc) is 3.43. The summed E-state index contributed by atoms with van der Waals surface area (Å²) in [4.78, 5) is 29.9. The smallest absolute Gasteiger partial charge is 0.231 e. The Labute approximate surface area is 254 Å². The molecule has 44 heavy (non-hydrogen) atoms. The second-order valence-electron chi connectivity index (χ2n) is 12.9. The van der Waals surface area contributed by atoms with Gasteiger partial charge >= 0.3 is 0 Å². The van der Waals surface area contributed by atoms with E-state index in [1.165, 1.54) is 6.20 Å². The van der Waals surface area contributed by atoms with E-state index in [0.717, 1.165) is 37.8 Å². The number of nitriles is 1. The van der Waals surface area contributed by atoms with Gasteiger partial charge in [0, 0.05) is 23.7 Å². The van der Waals surface area contributed by atoms with Crippen LogP contribution in [0.2, 0.25) is 0 Å². The maximum atomic E-state index is 13.9. The third-order valence-electron chi connectivity index (χ3n) is 9.11. The molecule has 2 saturated heterocycles. The van der Waals surface area contributed by atoms with Crippen LogP contribution >= 0.6 is 0 Å². The standard InChI is InChI=1S/C32H34N8O4/c1-31(2,42)18-44-24-8-25(29-20(12-33)13-37-39(29)17-24)26-15-35-27(16-34-26)38-30(41)32-9-19-6-22(10-32)40(23(7-19)11-32)21-4-5-28(43-3)36-14-21/h4-5,8,13-17,19,22-23,42H,6-7,9-11,18H2,1-3H3,(H,35,38,41). The van der Waals surface area contributed by atoms with E-state index in [1.807, 2.05) is 12.3 Å². The molecule has 4 bridgehead atoms. The Morgan fingerprint density at radius 3 is 2.57 bits per heavy atom. The van der Waals surface area contributed by atoms with Crippen LogP contribution in [0.25, 0.3) is 16.8 Å². The molecule has 2 aliphatic carbocycles. The molecule has 2 saturated carbocycles. The van der Waals surface area contributed by atoms with Gasteiger partial charge in [0.1, 0.15) is 18.4 Å². The fraction of sp³-hybridized carbons (Fsp3) is 0.438. The van der Waals surface area contributed by atoms with Crippen molar-refractivity contribution in [1.29, 1.82) is 5.26 Å². The van der Waals surface area contributed by atoms with E-state index in [9.17, 15) is 15.2 Å². The van der Waals surface area contributed by atoms with Crippen molar-refractivity contribution >= 4 is 22.9 Å². The topological polar surface area (TPSA) is 151 Å². The minimum absolute atomic E-state index is 0.00146. The number of carbonyl (C=O) groups excluding carboxylic acids is 1. The van der Waals surface area contributed by atoms with Crippen LogP contribution in [-0.4, -0.2) is 67.0 Å². The van der Waals surface area contributed by atoms with Crippen molar-refractivity contribution in [2.24, 2.45) is 11.3 Å². The van der Waals surface area contributed by atoms with Gasteiger partial charge in [-0.3, -0.25) is 9.78 Å². The summed E-state index contributed by atoms with van der Waals surface area (Å²) in [6, 6.07) is 8.45. The number of nitrogens with zero attached hydrogens (tertiary/aromatic N) is 7. The zero-order valence-electron chi connectivity index (χ0n) is 24.9. The number of aliphatic hydroxyl groups is 1. The highest BCUT2D eigenvalue weighted by atomic mass is 16.5. The first-order valence-electron chi connectivity index (χ1n) is 14.8. The Balaban J connectivity index is 1.11. The molecule has 2 atom stereocenters. The SMILES string of the molecule is COc1ccc(N2C3CC4CC2CC(C(=O)Nc2cnc(-c5cc(OCC(C)(C)O)cn6ncc(C#N)c56)cn2)(C4)C3)cn1. The second-order valence-corrected chi connectivity index (χ2v) is 12.9. The summed E-state index contributed by atoms with van der Waals surface area (Å²) >= 11 is 0. The maximum Gasteiger partial charge on any atom is 0.231 e. The van der Waals surface area contributed by atoms with Crippen molar-refractivity contribution in [3.8, 4) is 29.0 Å². The van der Waals surface area contributed by atoms with Crippen molar-refractivity contribution in [1.82, 2.24) is 24.6 Å². The van der Waals surface area contributed by atoms with E-state index < -0.39 is 11.0 Å². The Morgan fingerprint density at radius 2 is 1.93 bits per heavy atom. The Hall–Kier alpha value is -4.76. The zero-order chi connectivity index (χ0) is 30.6. The summed E-state index contributed by atoms with van der Waals surface area (Å²) in [7, 11) is 1.61. The Bertz CT molecular complexity index is 1740. The summed E-state index contributed by atoms with van der Waals surface area (Å²) in [5.41, 5.74) is 1.67. The number of amides is 1. The number of nitrogens with one attached hydrogen (secondary N) is 1. The molecule has 6 heterocycles. The lowest BCUT2D eigenvalue weighted by Gasteiger charge is -2.61. The summed E-state index contributed by atoms with van der Waals surface area (Å²) < 4.78 is 12.6. The summed E-state index contributed by atoms with van der Waals surface area (Å²) in [5, 5.41) is 27.2. The first-order valence-corrected chi connectivity index (χ1v) is 14.8. The molecule has 2 N–H and O–H groups in total. The third-order valence-corrected chi connectivity index (χ3v) is 9.11. The number of methoxy groups -OCH3 is 1. The van der Waals surface area contributed by atoms with Crippen LogP contribution in [0.3, 0.4) is 0 Å². The van der Waals surface area contributed by atoms with E-state index in [0.29, 0.717) is 45.7 Å². The molecule has 2 aliphatic heterocycles. The van der Waals surface area contributed by atoms with Crippen LogP contribution in [0, 0.1) is 22.7 Å². The van der Waals surface area contributed by atoms with E-state index in [2.05, 4.69) is 42.4 Å². The summed E-state index contributed by atoms with van der Waals surface area (Å²) in [6.45, 7) is 3.38. The van der Waals surface area contributed by atoms with Crippen molar-refractivity contribution < 1.29 is 19.4 Å². The zero-order valence-corrected chi connectivity index (χ0v) is 24.9. The number of rotatable bonds is 8. The van der Waals surface area contributed by atoms with E-state index >= 15 is 0 Å². The van der Waals surface area contributed by atoms with Crippen molar-refractivity contribution in [3.63, 3.8) is 0 Å². The predicted octanol–water partition coefficient (Wildman–Crippen LogP) is 3.99. The fourth-order valence-corrected chi connectivity index (χ4v) is 7.46. The minimum atomic E-state index is -1.03. The fourth-order valence-electron chi connectivity index (χ4n) is 7.46. The number of pyridine rings is 2. The molecule has 226 valence electrons. The molecule has 4 fully saturated rings. The van der Waals surface area contributed by atoms with Crippen molar-refractivity contribution in [2.45, 2.75) is 63.6 Å². The van der Waals surface area contributed by atoms with Gasteiger partial charge in [0.05, 0.1) is 71.6 Å². The minimum Gasteiger partial charge on any atom is -0.489 e. The third kappa shape index (κ3) is 4.97. The van der Waals surface area contributed by atoms with Gasteiger partial charge in [-0.15, -0.1) is 0 Å². The van der Waals surface area contributed by atoms with Crippen LogP contribution < -0.4 is 19.7 Å². The quantitative estimate of drug-likeness (QED) is 0.306. The Kier molecular flexibility index (Phi) is 6.66. The van der Waals surface area contributed by atoms with Gasteiger partial charge in [0.2, 0.25) is 11.8 Å². The highest BCUT2D eigenvalue weighted by Gasteiger charge is 2.57. The molecule has 0 aromatic carbocycles. The molecule has 0 spiro atoms. The number of carbonyl (C=O) groups is 1. The van der Waals surface area contributed by atoms with E-state index in [1.54, 1.807) is 50.1 Å². The first-order chi connectivity index (χ1) is 21.1. The van der Waals surface area contributed by atoms with Gasteiger partial charge in [-0.25, -0.2) is 14.5 Å². The second kappa shape index (κ2) is 10.4. The van der Waals surface area contributed by atoms with Crippen molar-refractivity contribution in [2.75, 3.05) is 23.9 Å². The molecule has 2 unspecified atom stereocenters. The number of fused-ring (bicyclic) bond motifs is 1. The molecule has 4 aromatic rings. The number of hydrogen-bond donors (Lipinski definition) is 2. The van der Waals surface area contributed by atoms with Crippen molar-refractivity contribution in [3.05, 3.63) is 54.7 Å². The van der Waals surface area contributed by atoms with Crippen LogP contribution in [-0.2, 0) is 4.79 Å². The summed E-state index contributed by atoms with van der Waals surface area (Å²) in [6.07, 6.45) is 12.8. The highest BCUT2D eigenvalue weighted by molar-refractivity contribution is 5.95. The number of piperidine rings is 2. The van der Waals surface area contributed by atoms with Crippen LogP contribution in [0.15, 0.2) is 49.2 Å². The molecule has 1 amide bonds. The normalized spacial score (nSPS) is 23.9. The average molecular weight is 595 g/mol. The van der Waals surface area contributed by atoms with E-state index in [4.69, 9.17) is 9.47 Å². The lowest BCUT2D eigenvalue weighted by atomic mass is 9.55. The maximum absolute atomic E-state index is 13.9. The number of aromatic nitrogens is 5. The van der Waals surface area contributed by atoms with Gasteiger partial charge in [-0.2, -0.15) is 10.4 Å². The predicted molar refractivity (Wildman–Crippen MR) is 161 cm³/mol. The van der Waals surface area contributed by atoms with Gasteiger partial charge in [-0.1, -0.05) is 0 Å². The largest absolute Gasteiger partial charge is 0.489 e. The molecule has 0 radical (unpaired) electrons. The molecule has 12 nitrogen and oxygen atoms in total. The van der Waals surface area contributed by atoms with E-state index in [-0.39, 0.29) is 24.6 Å². The lowest BCUT2D eigenvalue weighted by molar-refractivity contribution is -0.134. The molecular weight excluding hydrogens is 560 g/mol. The van der Waals surface area contributed by atoms with Crippen LogP contribution in [0.5, 0.6) is 11.6 Å². The Morgan fingerprint density at radius 1 is 1.14 bits per heavy atom. The van der Waals surface area contributed by atoms with Crippen LogP contribution in [0.4, 0.5) is 11.5 Å². The molecular formula is C32H34N8O4. The highest BCUT2D eigenvalue weighted by Crippen LogP contribution is 2.57. The molecule has 8 rings (SSSR count). The van der Waals surface area contributed by atoms with Crippen LogP contribution in [0.1, 0.15) is 51.5 Å². The van der Waals surface area contributed by atoms with Gasteiger partial charge in [0.25, 0.3) is 0 Å².